The number of anilines is 1. The minimum absolute atomic E-state index is 0.0516. The van der Waals surface area contributed by atoms with E-state index in [1.165, 1.54) is 7.11 Å². The standard InChI is InChI=1S/C14H16ClNO3/c1-9-3-4-11(14(18)19-2)6-12(9)16-8-10(7-15)5-13(16)17/h3-4,6,10H,5,7-8H2,1-2H3. The summed E-state index contributed by atoms with van der Waals surface area (Å²) >= 11 is 5.82. The maximum absolute atomic E-state index is 12.0. The molecule has 2 rings (SSSR count). The van der Waals surface area contributed by atoms with E-state index in [0.717, 1.165) is 11.3 Å². The predicted molar refractivity (Wildman–Crippen MR) is 73.7 cm³/mol. The molecule has 1 aliphatic rings. The number of halogens is 1. The molecule has 1 aromatic carbocycles. The highest BCUT2D eigenvalue weighted by Crippen LogP contribution is 2.29. The normalized spacial score (nSPS) is 18.8. The monoisotopic (exact) mass is 281 g/mol. The summed E-state index contributed by atoms with van der Waals surface area (Å²) in [5.41, 5.74) is 2.17. The maximum atomic E-state index is 12.0. The zero-order chi connectivity index (χ0) is 14.0. The number of rotatable bonds is 3. The number of carbonyl (C=O) groups excluding carboxylic acids is 2. The van der Waals surface area contributed by atoms with Gasteiger partial charge in [-0.15, -0.1) is 11.6 Å². The van der Waals surface area contributed by atoms with Crippen LogP contribution in [0.5, 0.6) is 0 Å². The second-order valence-electron chi connectivity index (χ2n) is 4.72. The SMILES string of the molecule is COC(=O)c1ccc(C)c(N2CC(CCl)CC2=O)c1. The molecule has 1 aliphatic heterocycles. The van der Waals surface area contributed by atoms with Gasteiger partial charge >= 0.3 is 5.97 Å². The Kier molecular flexibility index (Phi) is 4.10. The number of ether oxygens (including phenoxy) is 1. The Labute approximate surface area is 117 Å². The van der Waals surface area contributed by atoms with Crippen molar-refractivity contribution in [3.05, 3.63) is 29.3 Å². The highest BCUT2D eigenvalue weighted by Gasteiger charge is 2.31. The first-order valence-electron chi connectivity index (χ1n) is 6.12. The van der Waals surface area contributed by atoms with E-state index in [9.17, 15) is 9.59 Å². The Hall–Kier alpha value is -1.55. The molecule has 0 aliphatic carbocycles. The third kappa shape index (κ3) is 2.73. The predicted octanol–water partition coefficient (Wildman–Crippen LogP) is 2.37. The lowest BCUT2D eigenvalue weighted by atomic mass is 10.1. The van der Waals surface area contributed by atoms with E-state index in [1.54, 1.807) is 17.0 Å². The van der Waals surface area contributed by atoms with Gasteiger partial charge in [-0.2, -0.15) is 0 Å². The van der Waals surface area contributed by atoms with Gasteiger partial charge in [0.15, 0.2) is 0 Å². The highest BCUT2D eigenvalue weighted by molar-refractivity contribution is 6.18. The number of nitrogens with zero attached hydrogens (tertiary/aromatic N) is 1. The van der Waals surface area contributed by atoms with Crippen LogP contribution in [0, 0.1) is 12.8 Å². The van der Waals surface area contributed by atoms with E-state index < -0.39 is 5.97 Å². The molecule has 1 atom stereocenters. The molecule has 1 fully saturated rings. The van der Waals surface area contributed by atoms with E-state index in [4.69, 9.17) is 16.3 Å². The van der Waals surface area contributed by atoms with Crippen molar-refractivity contribution in [3.63, 3.8) is 0 Å². The molecule has 1 heterocycles. The van der Waals surface area contributed by atoms with Crippen LogP contribution in [0.2, 0.25) is 0 Å². The third-order valence-electron chi connectivity index (χ3n) is 3.34. The molecule has 0 bridgehead atoms. The van der Waals surface area contributed by atoms with Gasteiger partial charge in [-0.3, -0.25) is 4.79 Å². The van der Waals surface area contributed by atoms with Gasteiger partial charge in [-0.05, 0) is 30.5 Å². The molecule has 1 unspecified atom stereocenters. The Morgan fingerprint density at radius 3 is 2.84 bits per heavy atom. The Bertz CT molecular complexity index is 515. The summed E-state index contributed by atoms with van der Waals surface area (Å²) in [5.74, 6) is 0.297. The van der Waals surface area contributed by atoms with Crippen molar-refractivity contribution in [2.45, 2.75) is 13.3 Å². The van der Waals surface area contributed by atoms with Crippen molar-refractivity contribution < 1.29 is 14.3 Å². The Balaban J connectivity index is 2.34. The number of hydrogen-bond acceptors (Lipinski definition) is 3. The van der Waals surface area contributed by atoms with Crippen LogP contribution in [0.15, 0.2) is 18.2 Å². The fraction of sp³-hybridized carbons (Fsp3) is 0.429. The number of alkyl halides is 1. The minimum Gasteiger partial charge on any atom is -0.465 e. The van der Waals surface area contributed by atoms with Crippen LogP contribution >= 0.6 is 11.6 Å². The molecule has 1 saturated heterocycles. The van der Waals surface area contributed by atoms with Crippen molar-refractivity contribution in [2.75, 3.05) is 24.4 Å². The average molecular weight is 282 g/mol. The number of methoxy groups -OCH3 is 1. The third-order valence-corrected chi connectivity index (χ3v) is 3.78. The number of benzene rings is 1. The topological polar surface area (TPSA) is 46.6 Å². The maximum Gasteiger partial charge on any atom is 0.337 e. The lowest BCUT2D eigenvalue weighted by molar-refractivity contribution is -0.117. The molecule has 19 heavy (non-hydrogen) atoms. The second-order valence-corrected chi connectivity index (χ2v) is 5.03. The van der Waals surface area contributed by atoms with Gasteiger partial charge in [0.25, 0.3) is 0 Å². The van der Waals surface area contributed by atoms with E-state index in [-0.39, 0.29) is 11.8 Å². The molecule has 1 amide bonds. The number of aryl methyl sites for hydroxylation is 1. The molecule has 0 radical (unpaired) electrons. The summed E-state index contributed by atoms with van der Waals surface area (Å²) in [6.07, 6.45) is 0.464. The molecule has 0 spiro atoms. The molecular weight excluding hydrogens is 266 g/mol. The Morgan fingerprint density at radius 2 is 2.26 bits per heavy atom. The van der Waals surface area contributed by atoms with Crippen molar-refractivity contribution in [2.24, 2.45) is 5.92 Å². The van der Waals surface area contributed by atoms with Crippen molar-refractivity contribution in [1.82, 2.24) is 0 Å². The van der Waals surface area contributed by atoms with Crippen molar-refractivity contribution in [3.8, 4) is 0 Å². The summed E-state index contributed by atoms with van der Waals surface area (Å²) in [7, 11) is 1.34. The minimum atomic E-state index is -0.401. The lowest BCUT2D eigenvalue weighted by Crippen LogP contribution is -2.25. The molecule has 0 aromatic heterocycles. The zero-order valence-electron chi connectivity index (χ0n) is 11.0. The Morgan fingerprint density at radius 1 is 1.53 bits per heavy atom. The summed E-state index contributed by atoms with van der Waals surface area (Å²) < 4.78 is 4.70. The quantitative estimate of drug-likeness (QED) is 0.631. The van der Waals surface area contributed by atoms with Gasteiger partial charge in [-0.25, -0.2) is 4.79 Å². The molecule has 5 heteroatoms. The second kappa shape index (κ2) is 5.61. The lowest BCUT2D eigenvalue weighted by Gasteiger charge is -2.19. The van der Waals surface area contributed by atoms with Gasteiger partial charge in [0.05, 0.1) is 12.7 Å². The van der Waals surface area contributed by atoms with Crippen LogP contribution in [0.3, 0.4) is 0 Å². The fourth-order valence-electron chi connectivity index (χ4n) is 2.26. The molecular formula is C14H16ClNO3. The molecule has 0 saturated carbocycles. The van der Waals surface area contributed by atoms with E-state index >= 15 is 0 Å². The van der Waals surface area contributed by atoms with Gasteiger partial charge in [-0.1, -0.05) is 6.07 Å². The number of hydrogen-bond donors (Lipinski definition) is 0. The van der Waals surface area contributed by atoms with E-state index in [2.05, 4.69) is 0 Å². The van der Waals surface area contributed by atoms with Crippen LogP contribution in [0.4, 0.5) is 5.69 Å². The van der Waals surface area contributed by atoms with E-state index in [1.807, 2.05) is 13.0 Å². The van der Waals surface area contributed by atoms with Gasteiger partial charge in [0.2, 0.25) is 5.91 Å². The van der Waals surface area contributed by atoms with Crippen molar-refractivity contribution in [1.29, 1.82) is 0 Å². The van der Waals surface area contributed by atoms with Crippen LogP contribution in [0.1, 0.15) is 22.3 Å². The summed E-state index contributed by atoms with van der Waals surface area (Å²) in [6, 6.07) is 5.23. The molecule has 0 N–H and O–H groups in total. The summed E-state index contributed by atoms with van der Waals surface area (Å²) in [4.78, 5) is 25.2. The van der Waals surface area contributed by atoms with Gasteiger partial charge in [0, 0.05) is 24.5 Å². The number of carbonyl (C=O) groups is 2. The van der Waals surface area contributed by atoms with Gasteiger partial charge in [0.1, 0.15) is 0 Å². The first-order chi connectivity index (χ1) is 9.06. The smallest absolute Gasteiger partial charge is 0.337 e. The van der Waals surface area contributed by atoms with Crippen LogP contribution in [-0.4, -0.2) is 31.4 Å². The molecule has 1 aromatic rings. The van der Waals surface area contributed by atoms with Crippen LogP contribution < -0.4 is 4.90 Å². The number of amides is 1. The summed E-state index contributed by atoms with van der Waals surface area (Å²) in [6.45, 7) is 2.52. The van der Waals surface area contributed by atoms with Crippen LogP contribution in [0.25, 0.3) is 0 Å². The largest absolute Gasteiger partial charge is 0.465 e. The average Bonchev–Trinajstić information content (AvgIpc) is 2.79. The van der Waals surface area contributed by atoms with E-state index in [0.29, 0.717) is 24.4 Å². The number of esters is 1. The molecule has 4 nitrogen and oxygen atoms in total. The fourth-order valence-corrected chi connectivity index (χ4v) is 2.47. The molecule has 102 valence electrons. The highest BCUT2D eigenvalue weighted by atomic mass is 35.5. The summed E-state index contributed by atoms with van der Waals surface area (Å²) in [5, 5.41) is 0. The zero-order valence-corrected chi connectivity index (χ0v) is 11.7. The van der Waals surface area contributed by atoms with Crippen LogP contribution in [-0.2, 0) is 9.53 Å². The van der Waals surface area contributed by atoms with Gasteiger partial charge < -0.3 is 9.64 Å². The first kappa shape index (κ1) is 13.9. The first-order valence-corrected chi connectivity index (χ1v) is 6.65. The van der Waals surface area contributed by atoms with Crippen molar-refractivity contribution >= 4 is 29.2 Å².